The average molecular weight is 474 g/mol. The van der Waals surface area contributed by atoms with Crippen molar-refractivity contribution in [1.29, 1.82) is 0 Å². The highest BCUT2D eigenvalue weighted by atomic mass is 19.1. The normalized spacial score (nSPS) is 18.6. The molecule has 2 atom stereocenters. The number of imidazole rings is 1. The highest BCUT2D eigenvalue weighted by molar-refractivity contribution is 5.78. The number of nitrogens with zero attached hydrogens (tertiary/aromatic N) is 2. The lowest BCUT2D eigenvalue weighted by molar-refractivity contribution is 0.0135. The van der Waals surface area contributed by atoms with E-state index in [-0.39, 0.29) is 17.8 Å². The van der Waals surface area contributed by atoms with Crippen LogP contribution in [0.5, 0.6) is 0 Å². The molecule has 2 aromatic carbocycles. The molecule has 35 heavy (non-hydrogen) atoms. The van der Waals surface area contributed by atoms with E-state index in [0.717, 1.165) is 58.0 Å². The largest absolute Gasteiger partial charge is 0.397 e. The van der Waals surface area contributed by atoms with Gasteiger partial charge < -0.3 is 10.5 Å². The molecule has 2 N–H and O–H groups in total. The van der Waals surface area contributed by atoms with E-state index in [1.54, 1.807) is 0 Å². The van der Waals surface area contributed by atoms with Crippen LogP contribution in [0.15, 0.2) is 55.1 Å². The van der Waals surface area contributed by atoms with E-state index in [1.165, 1.54) is 0 Å². The van der Waals surface area contributed by atoms with Crippen LogP contribution in [-0.2, 0) is 17.6 Å². The first-order chi connectivity index (χ1) is 16.8. The Hall–Kier alpha value is -3.18. The number of benzene rings is 2. The van der Waals surface area contributed by atoms with Crippen molar-refractivity contribution >= 4 is 11.4 Å². The van der Waals surface area contributed by atoms with Gasteiger partial charge in [-0.05, 0) is 56.7 Å². The molecule has 0 amide bonds. The zero-order valence-corrected chi connectivity index (χ0v) is 21.3. The maximum atomic E-state index is 14.8. The SMILES string of the molecule is C=C(N)c1c(-c2ccc(Cc3cccc(CC)c3F)cc2)nc(C2CCC(C)OC2)n1/C(C)=C\C. The Kier molecular flexibility index (Phi) is 7.56. The van der Waals surface area contributed by atoms with Gasteiger partial charge in [-0.15, -0.1) is 0 Å². The van der Waals surface area contributed by atoms with Crippen LogP contribution in [0, 0.1) is 5.82 Å². The van der Waals surface area contributed by atoms with E-state index < -0.39 is 0 Å². The van der Waals surface area contributed by atoms with Gasteiger partial charge in [-0.25, -0.2) is 9.37 Å². The van der Waals surface area contributed by atoms with Gasteiger partial charge in [0.2, 0.25) is 0 Å². The summed E-state index contributed by atoms with van der Waals surface area (Å²) in [5, 5.41) is 0. The van der Waals surface area contributed by atoms with Crippen LogP contribution in [0.4, 0.5) is 4.39 Å². The van der Waals surface area contributed by atoms with E-state index in [4.69, 9.17) is 15.5 Å². The fraction of sp³-hybridized carbons (Fsp3) is 0.367. The monoisotopic (exact) mass is 473 g/mol. The molecule has 4 nitrogen and oxygen atoms in total. The standard InChI is InChI=1S/C30H36FN3O/c1-6-19(3)34-29(21(5)32)28(33-30(34)26-14-11-20(4)35-18-26)24-15-12-22(13-16-24)17-25-10-8-9-23(7-2)27(25)31/h6,8-10,12-13,15-16,20,26H,5,7,11,14,17-18,32H2,1-4H3/b19-6-. The Balaban J connectivity index is 1.72. The summed E-state index contributed by atoms with van der Waals surface area (Å²) in [6.45, 7) is 12.9. The molecule has 5 heteroatoms. The van der Waals surface area contributed by atoms with E-state index in [1.807, 2.05) is 56.3 Å². The van der Waals surface area contributed by atoms with Crippen molar-refractivity contribution in [2.75, 3.05) is 6.61 Å². The van der Waals surface area contributed by atoms with Gasteiger partial charge >= 0.3 is 0 Å². The van der Waals surface area contributed by atoms with Crippen molar-refractivity contribution in [3.05, 3.63) is 89.1 Å². The number of hydrogen-bond donors (Lipinski definition) is 1. The lowest BCUT2D eigenvalue weighted by Gasteiger charge is -2.27. The minimum Gasteiger partial charge on any atom is -0.397 e. The molecule has 1 fully saturated rings. The summed E-state index contributed by atoms with van der Waals surface area (Å²) < 4.78 is 22.9. The lowest BCUT2D eigenvalue weighted by atomic mass is 9.98. The molecule has 184 valence electrons. The molecule has 0 aliphatic carbocycles. The van der Waals surface area contributed by atoms with Crippen molar-refractivity contribution in [3.63, 3.8) is 0 Å². The first-order valence-corrected chi connectivity index (χ1v) is 12.5. The highest BCUT2D eigenvalue weighted by Gasteiger charge is 2.29. The van der Waals surface area contributed by atoms with Gasteiger partial charge in [-0.2, -0.15) is 0 Å². The summed E-state index contributed by atoms with van der Waals surface area (Å²) in [7, 11) is 0. The van der Waals surface area contributed by atoms with Gasteiger partial charge in [0.15, 0.2) is 0 Å². The molecule has 0 saturated carbocycles. The number of rotatable bonds is 7. The molecular formula is C30H36FN3O. The third kappa shape index (κ3) is 5.10. The number of nitrogens with two attached hydrogens (primary N) is 1. The number of aromatic nitrogens is 2. The van der Waals surface area contributed by atoms with Crippen LogP contribution in [0.25, 0.3) is 22.7 Å². The van der Waals surface area contributed by atoms with Crippen LogP contribution in [0.3, 0.4) is 0 Å². The third-order valence-corrected chi connectivity index (χ3v) is 7.01. The van der Waals surface area contributed by atoms with Crippen molar-refractivity contribution in [3.8, 4) is 11.3 Å². The van der Waals surface area contributed by atoms with Crippen molar-refractivity contribution in [2.24, 2.45) is 5.73 Å². The number of hydrogen-bond acceptors (Lipinski definition) is 3. The molecule has 1 aliphatic rings. The molecule has 2 unspecified atom stereocenters. The van der Waals surface area contributed by atoms with Gasteiger partial charge in [-0.3, -0.25) is 4.57 Å². The Bertz CT molecular complexity index is 1230. The Labute approximate surface area is 208 Å². The van der Waals surface area contributed by atoms with Gasteiger partial charge in [0, 0.05) is 23.6 Å². The Morgan fingerprint density at radius 2 is 1.91 bits per heavy atom. The maximum Gasteiger partial charge on any atom is 0.129 e. The smallest absolute Gasteiger partial charge is 0.129 e. The number of halogens is 1. The molecule has 0 bridgehead atoms. The molecule has 4 rings (SSSR count). The fourth-order valence-corrected chi connectivity index (χ4v) is 4.82. The summed E-state index contributed by atoms with van der Waals surface area (Å²) in [5.74, 6) is 1.06. The summed E-state index contributed by atoms with van der Waals surface area (Å²) in [5.41, 5.74) is 13.0. The van der Waals surface area contributed by atoms with Gasteiger partial charge in [0.1, 0.15) is 11.6 Å². The fourth-order valence-electron chi connectivity index (χ4n) is 4.82. The van der Waals surface area contributed by atoms with Crippen molar-refractivity contribution < 1.29 is 9.13 Å². The number of aryl methyl sites for hydroxylation is 1. The van der Waals surface area contributed by atoms with E-state index in [2.05, 4.69) is 31.1 Å². The summed E-state index contributed by atoms with van der Waals surface area (Å²) >= 11 is 0. The molecule has 1 aromatic heterocycles. The molecule has 0 radical (unpaired) electrons. The van der Waals surface area contributed by atoms with Crippen LogP contribution >= 0.6 is 0 Å². The van der Waals surface area contributed by atoms with Crippen LogP contribution in [0.1, 0.15) is 74.7 Å². The summed E-state index contributed by atoms with van der Waals surface area (Å²) in [6.07, 6.45) is 5.60. The third-order valence-electron chi connectivity index (χ3n) is 7.01. The zero-order valence-electron chi connectivity index (χ0n) is 21.3. The van der Waals surface area contributed by atoms with Crippen LogP contribution < -0.4 is 5.73 Å². The Morgan fingerprint density at radius 1 is 1.20 bits per heavy atom. The quantitative estimate of drug-likeness (QED) is 0.405. The minimum atomic E-state index is -0.102. The second kappa shape index (κ2) is 10.6. The molecule has 1 saturated heterocycles. The van der Waals surface area contributed by atoms with E-state index in [9.17, 15) is 4.39 Å². The average Bonchev–Trinajstić information content (AvgIpc) is 3.27. The predicted octanol–water partition coefficient (Wildman–Crippen LogP) is 6.94. The molecule has 0 spiro atoms. The first kappa shape index (κ1) is 24.9. The molecular weight excluding hydrogens is 437 g/mol. The second-order valence-corrected chi connectivity index (χ2v) is 9.49. The molecule has 1 aliphatic heterocycles. The van der Waals surface area contributed by atoms with Gasteiger partial charge in [0.05, 0.1) is 29.8 Å². The van der Waals surface area contributed by atoms with Gasteiger partial charge in [-0.1, -0.05) is 62.0 Å². The summed E-state index contributed by atoms with van der Waals surface area (Å²) in [4.78, 5) is 5.11. The van der Waals surface area contributed by atoms with Crippen molar-refractivity contribution in [1.82, 2.24) is 9.55 Å². The maximum absolute atomic E-state index is 14.8. The number of ether oxygens (including phenoxy) is 1. The zero-order chi connectivity index (χ0) is 25.1. The predicted molar refractivity (Wildman–Crippen MR) is 142 cm³/mol. The van der Waals surface area contributed by atoms with E-state index in [0.29, 0.717) is 25.1 Å². The van der Waals surface area contributed by atoms with Crippen LogP contribution in [-0.4, -0.2) is 22.3 Å². The van der Waals surface area contributed by atoms with Crippen molar-refractivity contribution in [2.45, 2.75) is 65.4 Å². The van der Waals surface area contributed by atoms with Gasteiger partial charge in [0.25, 0.3) is 0 Å². The second-order valence-electron chi connectivity index (χ2n) is 9.49. The highest BCUT2D eigenvalue weighted by Crippen LogP contribution is 2.36. The lowest BCUT2D eigenvalue weighted by Crippen LogP contribution is -2.24. The topological polar surface area (TPSA) is 53.1 Å². The molecule has 2 heterocycles. The van der Waals surface area contributed by atoms with E-state index >= 15 is 0 Å². The van der Waals surface area contributed by atoms with Crippen LogP contribution in [0.2, 0.25) is 0 Å². The minimum absolute atomic E-state index is 0.102. The first-order valence-electron chi connectivity index (χ1n) is 12.5. The Morgan fingerprint density at radius 3 is 2.51 bits per heavy atom. The summed E-state index contributed by atoms with van der Waals surface area (Å²) in [6, 6.07) is 13.8. The number of allylic oxidation sites excluding steroid dienone is 2. The molecule has 3 aromatic rings.